The molecule has 2 unspecified atom stereocenters. The molecule has 0 bridgehead atoms. The summed E-state index contributed by atoms with van der Waals surface area (Å²) in [4.78, 5) is 0. The molecule has 2 aliphatic rings. The minimum absolute atomic E-state index is 0.287. The van der Waals surface area contributed by atoms with Gasteiger partial charge in [0.1, 0.15) is 0 Å². The molecule has 118 valence electrons. The molecule has 1 saturated heterocycles. The van der Waals surface area contributed by atoms with Gasteiger partial charge in [-0.3, -0.25) is 0 Å². The van der Waals surface area contributed by atoms with Gasteiger partial charge in [-0.1, -0.05) is 0 Å². The molecule has 0 aromatic carbocycles. The lowest BCUT2D eigenvalue weighted by atomic mass is 10.2. The van der Waals surface area contributed by atoms with Crippen LogP contribution in [0, 0.1) is 0 Å². The Morgan fingerprint density at radius 3 is 2.55 bits per heavy atom. The molecule has 0 aromatic rings. The highest BCUT2D eigenvalue weighted by Crippen LogP contribution is 2.22. The van der Waals surface area contributed by atoms with Crippen LogP contribution in [0.5, 0.6) is 0 Å². The molecule has 1 saturated carbocycles. The summed E-state index contributed by atoms with van der Waals surface area (Å²) in [6.07, 6.45) is 6.58. The van der Waals surface area contributed by atoms with E-state index in [0.29, 0.717) is 19.3 Å². The first-order valence-electron chi connectivity index (χ1n) is 7.91. The molecule has 0 aromatic heterocycles. The van der Waals surface area contributed by atoms with Crippen molar-refractivity contribution >= 4 is 0 Å². The topological polar surface area (TPSA) is 49.0 Å². The van der Waals surface area contributed by atoms with Crippen LogP contribution in [0.3, 0.4) is 0 Å². The third-order valence-corrected chi connectivity index (χ3v) is 3.72. The predicted octanol–water partition coefficient (Wildman–Crippen LogP) is 1.36. The van der Waals surface area contributed by atoms with E-state index in [4.69, 9.17) is 18.9 Å². The van der Waals surface area contributed by atoms with E-state index in [2.05, 4.69) is 5.32 Å². The Morgan fingerprint density at radius 1 is 0.950 bits per heavy atom. The van der Waals surface area contributed by atoms with Crippen molar-refractivity contribution in [1.82, 2.24) is 5.32 Å². The molecule has 2 fully saturated rings. The molecular weight excluding hydrogens is 258 g/mol. The van der Waals surface area contributed by atoms with Crippen molar-refractivity contribution in [1.29, 1.82) is 0 Å². The monoisotopic (exact) mass is 287 g/mol. The van der Waals surface area contributed by atoms with Gasteiger partial charge < -0.3 is 24.3 Å². The summed E-state index contributed by atoms with van der Waals surface area (Å²) in [5, 5.41) is 3.53. The third kappa shape index (κ3) is 6.99. The molecule has 1 aliphatic carbocycles. The van der Waals surface area contributed by atoms with Crippen LogP contribution in [-0.4, -0.2) is 64.9 Å². The summed E-state index contributed by atoms with van der Waals surface area (Å²) < 4.78 is 21.9. The molecule has 5 heteroatoms. The lowest BCUT2D eigenvalue weighted by molar-refractivity contribution is -0.0196. The van der Waals surface area contributed by atoms with Crippen molar-refractivity contribution < 1.29 is 18.9 Å². The molecule has 0 amide bonds. The van der Waals surface area contributed by atoms with Gasteiger partial charge in [0.2, 0.25) is 0 Å². The van der Waals surface area contributed by atoms with Crippen molar-refractivity contribution in [3.63, 3.8) is 0 Å². The van der Waals surface area contributed by atoms with Gasteiger partial charge in [-0.15, -0.1) is 0 Å². The smallest absolute Gasteiger partial charge is 0.0813 e. The maximum atomic E-state index is 5.96. The molecule has 20 heavy (non-hydrogen) atoms. The number of methoxy groups -OCH3 is 1. The Hall–Kier alpha value is -0.200. The Morgan fingerprint density at radius 2 is 1.75 bits per heavy atom. The minimum atomic E-state index is 0.287. The summed E-state index contributed by atoms with van der Waals surface area (Å²) in [7, 11) is 1.68. The van der Waals surface area contributed by atoms with Crippen LogP contribution in [0.4, 0.5) is 0 Å². The highest BCUT2D eigenvalue weighted by Gasteiger charge is 2.27. The van der Waals surface area contributed by atoms with E-state index in [1.807, 2.05) is 0 Å². The summed E-state index contributed by atoms with van der Waals surface area (Å²) in [6.45, 7) is 4.54. The van der Waals surface area contributed by atoms with Crippen molar-refractivity contribution in [2.45, 2.75) is 50.4 Å². The second-order valence-corrected chi connectivity index (χ2v) is 5.67. The van der Waals surface area contributed by atoms with Gasteiger partial charge in [0, 0.05) is 32.9 Å². The molecular formula is C15H29NO4. The predicted molar refractivity (Wildman–Crippen MR) is 77.1 cm³/mol. The molecule has 1 heterocycles. The molecule has 0 spiro atoms. The first kappa shape index (κ1) is 16.2. The van der Waals surface area contributed by atoms with Crippen LogP contribution >= 0.6 is 0 Å². The Bertz CT molecular complexity index is 248. The summed E-state index contributed by atoms with van der Waals surface area (Å²) in [6, 6.07) is 0.770. The van der Waals surface area contributed by atoms with E-state index in [1.165, 1.54) is 12.8 Å². The number of hydrogen-bond donors (Lipinski definition) is 1. The fourth-order valence-corrected chi connectivity index (χ4v) is 2.36. The minimum Gasteiger partial charge on any atom is -0.382 e. The zero-order chi connectivity index (χ0) is 14.0. The maximum absolute atomic E-state index is 5.96. The Labute approximate surface area is 122 Å². The first-order chi connectivity index (χ1) is 9.88. The van der Waals surface area contributed by atoms with Crippen LogP contribution < -0.4 is 5.32 Å². The van der Waals surface area contributed by atoms with Gasteiger partial charge in [0.15, 0.2) is 0 Å². The first-order valence-corrected chi connectivity index (χ1v) is 7.91. The van der Waals surface area contributed by atoms with Gasteiger partial charge in [0.25, 0.3) is 0 Å². The average Bonchev–Trinajstić information content (AvgIpc) is 3.18. The van der Waals surface area contributed by atoms with Gasteiger partial charge in [0.05, 0.1) is 32.0 Å². The lowest BCUT2D eigenvalue weighted by Gasteiger charge is -2.14. The van der Waals surface area contributed by atoms with Crippen molar-refractivity contribution in [3.05, 3.63) is 0 Å². The average molecular weight is 287 g/mol. The fraction of sp³-hybridized carbons (Fsp3) is 1.00. The number of hydrogen-bond acceptors (Lipinski definition) is 5. The zero-order valence-corrected chi connectivity index (χ0v) is 12.6. The molecule has 2 rings (SSSR count). The number of rotatable bonds is 12. The van der Waals surface area contributed by atoms with Gasteiger partial charge in [-0.25, -0.2) is 0 Å². The van der Waals surface area contributed by atoms with Gasteiger partial charge >= 0.3 is 0 Å². The van der Waals surface area contributed by atoms with Gasteiger partial charge in [-0.2, -0.15) is 0 Å². The largest absolute Gasteiger partial charge is 0.382 e. The van der Waals surface area contributed by atoms with E-state index >= 15 is 0 Å². The van der Waals surface area contributed by atoms with Crippen LogP contribution in [0.15, 0.2) is 0 Å². The summed E-state index contributed by atoms with van der Waals surface area (Å²) in [5.41, 5.74) is 0. The van der Waals surface area contributed by atoms with Gasteiger partial charge in [-0.05, 0) is 32.1 Å². The zero-order valence-electron chi connectivity index (χ0n) is 12.6. The third-order valence-electron chi connectivity index (χ3n) is 3.72. The molecule has 1 N–H and O–H groups in total. The Balaban J connectivity index is 1.36. The Kier molecular flexibility index (Phi) is 7.83. The number of ether oxygens (including phenoxy) is 4. The van der Waals surface area contributed by atoms with Crippen LogP contribution in [0.2, 0.25) is 0 Å². The number of nitrogens with one attached hydrogen (secondary N) is 1. The second kappa shape index (κ2) is 9.68. The van der Waals surface area contributed by atoms with Crippen molar-refractivity contribution in [3.8, 4) is 0 Å². The molecule has 2 atom stereocenters. The van der Waals surface area contributed by atoms with E-state index in [0.717, 1.165) is 51.7 Å². The van der Waals surface area contributed by atoms with Crippen LogP contribution in [0.1, 0.15) is 32.1 Å². The summed E-state index contributed by atoms with van der Waals surface area (Å²) in [5.74, 6) is 0. The normalized spacial score (nSPS) is 26.2. The molecule has 5 nitrogen and oxygen atoms in total. The molecule has 0 radical (unpaired) electrons. The SMILES string of the molecule is COCCOCCCOCC1CCC(CNC2CC2)O1. The van der Waals surface area contributed by atoms with E-state index < -0.39 is 0 Å². The van der Waals surface area contributed by atoms with E-state index in [9.17, 15) is 0 Å². The maximum Gasteiger partial charge on any atom is 0.0813 e. The van der Waals surface area contributed by atoms with Crippen LogP contribution in [0.25, 0.3) is 0 Å². The molecule has 1 aliphatic heterocycles. The summed E-state index contributed by atoms with van der Waals surface area (Å²) >= 11 is 0. The van der Waals surface area contributed by atoms with Crippen molar-refractivity contribution in [2.75, 3.05) is 46.7 Å². The van der Waals surface area contributed by atoms with E-state index in [1.54, 1.807) is 7.11 Å². The van der Waals surface area contributed by atoms with Crippen LogP contribution in [-0.2, 0) is 18.9 Å². The fourth-order valence-electron chi connectivity index (χ4n) is 2.36. The highest BCUT2D eigenvalue weighted by atomic mass is 16.5. The van der Waals surface area contributed by atoms with Crippen molar-refractivity contribution in [2.24, 2.45) is 0 Å². The van der Waals surface area contributed by atoms with E-state index in [-0.39, 0.29) is 6.10 Å². The quantitative estimate of drug-likeness (QED) is 0.549. The highest BCUT2D eigenvalue weighted by molar-refractivity contribution is 4.84. The lowest BCUT2D eigenvalue weighted by Crippen LogP contribution is -2.29. The second-order valence-electron chi connectivity index (χ2n) is 5.67. The standard InChI is InChI=1S/C15H29NO4/c1-17-9-10-18-7-2-8-19-12-15-6-5-14(20-15)11-16-13-3-4-13/h13-16H,2-12H2,1H3.